The zero-order chi connectivity index (χ0) is 19.8. The lowest BCUT2D eigenvalue weighted by Crippen LogP contribution is -2.47. The summed E-state index contributed by atoms with van der Waals surface area (Å²) in [4.78, 5) is 18.9. The number of fused-ring (bicyclic) bond motifs is 1. The second-order valence-corrected chi connectivity index (χ2v) is 7.86. The molecule has 6 nitrogen and oxygen atoms in total. The fourth-order valence-electron chi connectivity index (χ4n) is 4.42. The number of nitrogens with zero attached hydrogens (tertiary/aromatic N) is 2. The predicted molar refractivity (Wildman–Crippen MR) is 129 cm³/mol. The number of benzene rings is 1. The average Bonchev–Trinajstić information content (AvgIpc) is 3.36. The molecule has 0 atom stereocenters. The summed E-state index contributed by atoms with van der Waals surface area (Å²) in [7, 11) is 1.76. The number of amides is 1. The average molecular weight is 514 g/mol. The standard InChI is InChI=1S/C22H34N4O2.HI/c1-3-28-15-13-22(11-6-7-12-22)17-25-21(23-2)24-16-20(27)26-14-10-18-8-4-5-9-19(18)26;/h4-5,8-9H,3,6-7,10-17H2,1-2H3,(H2,23,24,25);1H. The highest BCUT2D eigenvalue weighted by Gasteiger charge is 2.33. The van der Waals surface area contributed by atoms with Gasteiger partial charge in [-0.2, -0.15) is 0 Å². The summed E-state index contributed by atoms with van der Waals surface area (Å²) in [6, 6.07) is 8.14. The molecule has 29 heavy (non-hydrogen) atoms. The van der Waals surface area contributed by atoms with Crippen molar-refractivity contribution in [1.82, 2.24) is 10.6 Å². The van der Waals surface area contributed by atoms with E-state index in [-0.39, 0.29) is 41.8 Å². The van der Waals surface area contributed by atoms with Crippen molar-refractivity contribution in [2.24, 2.45) is 10.4 Å². The fourth-order valence-corrected chi connectivity index (χ4v) is 4.42. The zero-order valence-electron chi connectivity index (χ0n) is 17.7. The van der Waals surface area contributed by atoms with Gasteiger partial charge in [0.05, 0.1) is 6.54 Å². The van der Waals surface area contributed by atoms with Crippen LogP contribution < -0.4 is 15.5 Å². The van der Waals surface area contributed by atoms with Crippen LogP contribution in [0, 0.1) is 5.41 Å². The smallest absolute Gasteiger partial charge is 0.246 e. The predicted octanol–water partition coefficient (Wildman–Crippen LogP) is 3.35. The molecule has 1 fully saturated rings. The van der Waals surface area contributed by atoms with E-state index in [1.54, 1.807) is 7.05 Å². The van der Waals surface area contributed by atoms with E-state index in [0.29, 0.717) is 5.96 Å². The van der Waals surface area contributed by atoms with Crippen molar-refractivity contribution in [2.45, 2.75) is 45.4 Å². The molecule has 2 N–H and O–H groups in total. The van der Waals surface area contributed by atoms with Gasteiger partial charge in [-0.3, -0.25) is 9.79 Å². The molecule has 0 bridgehead atoms. The Hall–Kier alpha value is -1.35. The first-order valence-corrected chi connectivity index (χ1v) is 10.6. The topological polar surface area (TPSA) is 66.0 Å². The van der Waals surface area contributed by atoms with Gasteiger partial charge in [0.15, 0.2) is 5.96 Å². The molecule has 1 aliphatic carbocycles. The van der Waals surface area contributed by atoms with Crippen molar-refractivity contribution in [3.63, 3.8) is 0 Å². The van der Waals surface area contributed by atoms with Crippen molar-refractivity contribution in [1.29, 1.82) is 0 Å². The lowest BCUT2D eigenvalue weighted by Gasteiger charge is -2.30. The van der Waals surface area contributed by atoms with Gasteiger partial charge in [-0.25, -0.2) is 0 Å². The number of anilines is 1. The molecule has 0 aromatic heterocycles. The summed E-state index contributed by atoms with van der Waals surface area (Å²) in [5, 5.41) is 6.66. The lowest BCUT2D eigenvalue weighted by molar-refractivity contribution is -0.117. The number of nitrogens with one attached hydrogen (secondary N) is 2. The summed E-state index contributed by atoms with van der Waals surface area (Å²) in [5.41, 5.74) is 2.57. The third-order valence-electron chi connectivity index (χ3n) is 6.09. The van der Waals surface area contributed by atoms with Gasteiger partial charge in [0, 0.05) is 39.0 Å². The molecule has 1 aromatic rings. The van der Waals surface area contributed by atoms with Crippen molar-refractivity contribution in [3.05, 3.63) is 29.8 Å². The third-order valence-corrected chi connectivity index (χ3v) is 6.09. The van der Waals surface area contributed by atoms with E-state index >= 15 is 0 Å². The molecule has 0 radical (unpaired) electrons. The summed E-state index contributed by atoms with van der Waals surface area (Å²) >= 11 is 0. The first kappa shape index (κ1) is 23.9. The van der Waals surface area contributed by atoms with Crippen molar-refractivity contribution in [3.8, 4) is 0 Å². The Bertz CT molecular complexity index is 689. The maximum absolute atomic E-state index is 12.7. The van der Waals surface area contributed by atoms with Crippen LogP contribution in [0.2, 0.25) is 0 Å². The number of para-hydroxylation sites is 1. The monoisotopic (exact) mass is 514 g/mol. The van der Waals surface area contributed by atoms with Crippen LogP contribution in [0.15, 0.2) is 29.3 Å². The molecule has 0 spiro atoms. The molecule has 1 aliphatic heterocycles. The number of guanidine groups is 1. The van der Waals surface area contributed by atoms with Crippen molar-refractivity contribution < 1.29 is 9.53 Å². The van der Waals surface area contributed by atoms with E-state index in [0.717, 1.165) is 44.8 Å². The molecular weight excluding hydrogens is 479 g/mol. The normalized spacial score (nSPS) is 17.6. The lowest BCUT2D eigenvalue weighted by atomic mass is 9.83. The van der Waals surface area contributed by atoms with Crippen LogP contribution >= 0.6 is 24.0 Å². The van der Waals surface area contributed by atoms with Gasteiger partial charge in [0.2, 0.25) is 5.91 Å². The maximum Gasteiger partial charge on any atom is 0.246 e. The zero-order valence-corrected chi connectivity index (χ0v) is 20.0. The fraction of sp³-hybridized carbons (Fsp3) is 0.636. The first-order chi connectivity index (χ1) is 13.7. The third kappa shape index (κ3) is 6.31. The number of hydrogen-bond acceptors (Lipinski definition) is 3. The molecule has 3 rings (SSSR count). The highest BCUT2D eigenvalue weighted by atomic mass is 127. The number of aliphatic imine (C=N–C) groups is 1. The quantitative estimate of drug-likeness (QED) is 0.242. The molecule has 1 amide bonds. The molecule has 7 heteroatoms. The number of hydrogen-bond donors (Lipinski definition) is 2. The number of carbonyl (C=O) groups excluding carboxylic acids is 1. The molecule has 1 heterocycles. The van der Waals surface area contributed by atoms with Gasteiger partial charge in [0.1, 0.15) is 0 Å². The Kier molecular flexibility index (Phi) is 9.68. The van der Waals surface area contributed by atoms with Gasteiger partial charge >= 0.3 is 0 Å². The van der Waals surface area contributed by atoms with Crippen molar-refractivity contribution in [2.75, 3.05) is 44.8 Å². The molecule has 1 aromatic carbocycles. The van der Waals surface area contributed by atoms with Crippen LogP contribution in [-0.4, -0.2) is 51.8 Å². The summed E-state index contributed by atoms with van der Waals surface area (Å²) in [6.45, 7) is 5.51. The number of rotatable bonds is 8. The largest absolute Gasteiger partial charge is 0.382 e. The van der Waals surface area contributed by atoms with Crippen LogP contribution in [0.25, 0.3) is 0 Å². The highest BCUT2D eigenvalue weighted by molar-refractivity contribution is 14.0. The van der Waals surface area contributed by atoms with Crippen LogP contribution in [0.5, 0.6) is 0 Å². The van der Waals surface area contributed by atoms with E-state index in [1.807, 2.05) is 30.0 Å². The minimum Gasteiger partial charge on any atom is -0.382 e. The van der Waals surface area contributed by atoms with Crippen LogP contribution in [0.3, 0.4) is 0 Å². The van der Waals surface area contributed by atoms with E-state index in [4.69, 9.17) is 4.74 Å². The maximum atomic E-state index is 12.7. The summed E-state index contributed by atoms with van der Waals surface area (Å²) < 4.78 is 5.59. The minimum absolute atomic E-state index is 0. The minimum atomic E-state index is 0. The molecule has 0 unspecified atom stereocenters. The van der Waals surface area contributed by atoms with Gasteiger partial charge < -0.3 is 20.3 Å². The van der Waals surface area contributed by atoms with Gasteiger partial charge in [-0.1, -0.05) is 31.0 Å². The Labute approximate surface area is 191 Å². The first-order valence-electron chi connectivity index (χ1n) is 10.6. The summed E-state index contributed by atoms with van der Waals surface area (Å²) in [5.74, 6) is 0.781. The SMILES string of the molecule is CCOCCC1(CNC(=NC)NCC(=O)N2CCc3ccccc32)CCCC1.I. The molecule has 1 saturated carbocycles. The highest BCUT2D eigenvalue weighted by Crippen LogP contribution is 2.40. The van der Waals surface area contributed by atoms with Gasteiger partial charge in [-0.05, 0) is 49.7 Å². The Balaban J connectivity index is 0.00000300. The Morgan fingerprint density at radius 1 is 1.24 bits per heavy atom. The molecule has 162 valence electrons. The van der Waals surface area contributed by atoms with Crippen molar-refractivity contribution >= 4 is 41.5 Å². The second-order valence-electron chi connectivity index (χ2n) is 7.86. The van der Waals surface area contributed by atoms with E-state index in [1.165, 1.54) is 31.2 Å². The van der Waals surface area contributed by atoms with Gasteiger partial charge in [-0.15, -0.1) is 24.0 Å². The van der Waals surface area contributed by atoms with Gasteiger partial charge in [0.25, 0.3) is 0 Å². The number of carbonyl (C=O) groups is 1. The van der Waals surface area contributed by atoms with Crippen LogP contribution in [-0.2, 0) is 16.0 Å². The molecular formula is C22H35IN4O2. The van der Waals surface area contributed by atoms with E-state index < -0.39 is 0 Å². The van der Waals surface area contributed by atoms with Crippen LogP contribution in [0.4, 0.5) is 5.69 Å². The number of ether oxygens (including phenoxy) is 1. The second kappa shape index (κ2) is 11.7. The molecule has 0 saturated heterocycles. The number of halogens is 1. The van der Waals surface area contributed by atoms with E-state index in [9.17, 15) is 4.79 Å². The van der Waals surface area contributed by atoms with Crippen LogP contribution in [0.1, 0.15) is 44.6 Å². The molecule has 2 aliphatic rings. The van der Waals surface area contributed by atoms with E-state index in [2.05, 4.69) is 21.7 Å². The summed E-state index contributed by atoms with van der Waals surface area (Å²) in [6.07, 6.45) is 7.03. The Morgan fingerprint density at radius 3 is 2.72 bits per heavy atom. The Morgan fingerprint density at radius 2 is 2.00 bits per heavy atom.